The number of benzene rings is 1. The van der Waals surface area contributed by atoms with Gasteiger partial charge in [-0.05, 0) is 36.9 Å². The fourth-order valence-corrected chi connectivity index (χ4v) is 3.22. The van der Waals surface area contributed by atoms with Crippen molar-refractivity contribution in [1.82, 2.24) is 4.90 Å². The van der Waals surface area contributed by atoms with Crippen LogP contribution in [0.2, 0.25) is 0 Å². The Kier molecular flexibility index (Phi) is 5.37. The molecule has 1 aromatic rings. The zero-order chi connectivity index (χ0) is 15.3. The van der Waals surface area contributed by atoms with Crippen molar-refractivity contribution in [3.8, 4) is 0 Å². The molecule has 0 amide bonds. The lowest BCUT2D eigenvalue weighted by Crippen LogP contribution is -2.47. The van der Waals surface area contributed by atoms with Crippen LogP contribution in [0.1, 0.15) is 37.3 Å². The van der Waals surface area contributed by atoms with Crippen molar-refractivity contribution >= 4 is 5.97 Å². The van der Waals surface area contributed by atoms with Gasteiger partial charge in [-0.15, -0.1) is 0 Å². The summed E-state index contributed by atoms with van der Waals surface area (Å²) in [7, 11) is 1.69. The van der Waals surface area contributed by atoms with Crippen molar-refractivity contribution in [3.63, 3.8) is 0 Å². The molecular formula is C17H25NO3. The molecule has 116 valence electrons. The first kappa shape index (κ1) is 16.0. The molecule has 0 spiro atoms. The van der Waals surface area contributed by atoms with E-state index in [2.05, 4.69) is 23.1 Å². The third-order valence-electron chi connectivity index (χ3n) is 4.49. The van der Waals surface area contributed by atoms with Crippen molar-refractivity contribution in [2.45, 2.75) is 39.3 Å². The van der Waals surface area contributed by atoms with E-state index >= 15 is 0 Å². The minimum Gasteiger partial charge on any atom is -0.481 e. The van der Waals surface area contributed by atoms with Crippen LogP contribution in [-0.4, -0.2) is 36.2 Å². The Hall–Kier alpha value is -1.39. The molecule has 0 aromatic heterocycles. The maximum absolute atomic E-state index is 11.6. The topological polar surface area (TPSA) is 49.8 Å². The Bertz CT molecular complexity index is 489. The fraction of sp³-hybridized carbons (Fsp3) is 0.588. The van der Waals surface area contributed by atoms with E-state index in [1.807, 2.05) is 13.0 Å². The molecule has 1 unspecified atom stereocenters. The van der Waals surface area contributed by atoms with Crippen LogP contribution in [0.5, 0.6) is 0 Å². The Morgan fingerprint density at radius 3 is 2.86 bits per heavy atom. The molecule has 1 aliphatic rings. The van der Waals surface area contributed by atoms with E-state index in [0.717, 1.165) is 31.5 Å². The number of aliphatic carboxylic acids is 1. The minimum absolute atomic E-state index is 0.567. The number of methoxy groups -OCH3 is 1. The van der Waals surface area contributed by atoms with Gasteiger partial charge in [-0.2, -0.15) is 0 Å². The monoisotopic (exact) mass is 291 g/mol. The number of nitrogens with zero attached hydrogens (tertiary/aromatic N) is 1. The molecule has 2 rings (SSSR count). The van der Waals surface area contributed by atoms with Crippen LogP contribution in [0.3, 0.4) is 0 Å². The Labute approximate surface area is 126 Å². The molecule has 1 aromatic carbocycles. The molecule has 0 radical (unpaired) electrons. The summed E-state index contributed by atoms with van der Waals surface area (Å²) in [6.07, 6.45) is 2.44. The summed E-state index contributed by atoms with van der Waals surface area (Å²) in [4.78, 5) is 13.9. The number of likely N-dealkylation sites (tertiary alicyclic amines) is 1. The number of hydrogen-bond acceptors (Lipinski definition) is 3. The van der Waals surface area contributed by atoms with Gasteiger partial charge >= 0.3 is 5.97 Å². The Morgan fingerprint density at radius 2 is 2.19 bits per heavy atom. The minimum atomic E-state index is -0.650. The van der Waals surface area contributed by atoms with Gasteiger partial charge in [0.2, 0.25) is 0 Å². The van der Waals surface area contributed by atoms with E-state index in [0.29, 0.717) is 19.6 Å². The van der Waals surface area contributed by atoms with Crippen LogP contribution in [0, 0.1) is 5.41 Å². The van der Waals surface area contributed by atoms with E-state index < -0.39 is 11.4 Å². The van der Waals surface area contributed by atoms with Gasteiger partial charge in [0.15, 0.2) is 0 Å². The van der Waals surface area contributed by atoms with Crippen LogP contribution in [0.4, 0.5) is 0 Å². The quantitative estimate of drug-likeness (QED) is 0.875. The molecule has 0 aliphatic carbocycles. The molecule has 0 saturated carbocycles. The highest BCUT2D eigenvalue weighted by Crippen LogP contribution is 2.34. The van der Waals surface area contributed by atoms with E-state index in [1.54, 1.807) is 7.11 Å². The summed E-state index contributed by atoms with van der Waals surface area (Å²) in [5.41, 5.74) is 1.82. The Morgan fingerprint density at radius 1 is 1.43 bits per heavy atom. The predicted octanol–water partition coefficient (Wildman–Crippen LogP) is 2.91. The molecule has 21 heavy (non-hydrogen) atoms. The maximum Gasteiger partial charge on any atom is 0.310 e. The maximum atomic E-state index is 11.6. The number of hydrogen-bond donors (Lipinski definition) is 1. The lowest BCUT2D eigenvalue weighted by Gasteiger charge is -2.39. The highest BCUT2D eigenvalue weighted by atomic mass is 16.5. The molecule has 1 heterocycles. The zero-order valence-electron chi connectivity index (χ0n) is 13.0. The van der Waals surface area contributed by atoms with E-state index in [1.165, 1.54) is 5.56 Å². The summed E-state index contributed by atoms with van der Waals surface area (Å²) in [5, 5.41) is 9.54. The van der Waals surface area contributed by atoms with Gasteiger partial charge < -0.3 is 9.84 Å². The van der Waals surface area contributed by atoms with E-state index in [4.69, 9.17) is 4.74 Å². The van der Waals surface area contributed by atoms with Crippen molar-refractivity contribution in [3.05, 3.63) is 35.4 Å². The second kappa shape index (κ2) is 7.05. The van der Waals surface area contributed by atoms with Crippen LogP contribution in [0.15, 0.2) is 24.3 Å². The molecule has 1 aliphatic heterocycles. The molecule has 4 heteroatoms. The van der Waals surface area contributed by atoms with Crippen LogP contribution in [-0.2, 0) is 22.7 Å². The summed E-state index contributed by atoms with van der Waals surface area (Å²) < 4.78 is 5.16. The predicted molar refractivity (Wildman–Crippen MR) is 82.0 cm³/mol. The van der Waals surface area contributed by atoms with Crippen LogP contribution < -0.4 is 0 Å². The lowest BCUT2D eigenvalue weighted by molar-refractivity contribution is -0.153. The highest BCUT2D eigenvalue weighted by Gasteiger charge is 2.40. The van der Waals surface area contributed by atoms with Crippen LogP contribution in [0.25, 0.3) is 0 Å². The first-order chi connectivity index (χ1) is 10.1. The SMILES string of the molecule is CCC1(C(=O)O)CCCN(Cc2cccc(COC)c2)C1. The third-order valence-corrected chi connectivity index (χ3v) is 4.49. The first-order valence-electron chi connectivity index (χ1n) is 7.62. The number of piperidine rings is 1. The lowest BCUT2D eigenvalue weighted by atomic mass is 9.77. The highest BCUT2D eigenvalue weighted by molar-refractivity contribution is 5.75. The molecule has 1 saturated heterocycles. The number of ether oxygens (including phenoxy) is 1. The average Bonchev–Trinajstić information content (AvgIpc) is 2.48. The van der Waals surface area contributed by atoms with Crippen molar-refractivity contribution in [1.29, 1.82) is 0 Å². The fourth-order valence-electron chi connectivity index (χ4n) is 3.22. The summed E-state index contributed by atoms with van der Waals surface area (Å²) >= 11 is 0. The van der Waals surface area contributed by atoms with Gasteiger partial charge in [0, 0.05) is 20.2 Å². The zero-order valence-corrected chi connectivity index (χ0v) is 13.0. The normalized spacial score (nSPS) is 23.1. The van der Waals surface area contributed by atoms with Gasteiger partial charge in [-0.1, -0.05) is 31.2 Å². The largest absolute Gasteiger partial charge is 0.481 e. The number of carboxylic acid groups (broad SMARTS) is 1. The summed E-state index contributed by atoms with van der Waals surface area (Å²) in [5.74, 6) is -0.650. The summed E-state index contributed by atoms with van der Waals surface area (Å²) in [6, 6.07) is 8.34. The summed E-state index contributed by atoms with van der Waals surface area (Å²) in [6.45, 7) is 5.03. The smallest absolute Gasteiger partial charge is 0.310 e. The van der Waals surface area contributed by atoms with Gasteiger partial charge in [-0.25, -0.2) is 0 Å². The average molecular weight is 291 g/mol. The second-order valence-corrected chi connectivity index (χ2v) is 6.01. The van der Waals surface area contributed by atoms with Gasteiger partial charge in [0.1, 0.15) is 0 Å². The molecule has 1 N–H and O–H groups in total. The Balaban J connectivity index is 2.05. The van der Waals surface area contributed by atoms with Gasteiger partial charge in [-0.3, -0.25) is 9.69 Å². The third kappa shape index (κ3) is 3.83. The number of carbonyl (C=O) groups is 1. The van der Waals surface area contributed by atoms with Crippen molar-refractivity contribution in [2.24, 2.45) is 5.41 Å². The first-order valence-corrected chi connectivity index (χ1v) is 7.62. The van der Waals surface area contributed by atoms with Gasteiger partial charge in [0.25, 0.3) is 0 Å². The van der Waals surface area contributed by atoms with Crippen molar-refractivity contribution in [2.75, 3.05) is 20.2 Å². The molecule has 1 fully saturated rings. The van der Waals surface area contributed by atoms with Gasteiger partial charge in [0.05, 0.1) is 12.0 Å². The molecule has 4 nitrogen and oxygen atoms in total. The number of carboxylic acids is 1. The second-order valence-electron chi connectivity index (χ2n) is 6.01. The van der Waals surface area contributed by atoms with Crippen molar-refractivity contribution < 1.29 is 14.6 Å². The molecule has 1 atom stereocenters. The van der Waals surface area contributed by atoms with Crippen LogP contribution >= 0.6 is 0 Å². The van der Waals surface area contributed by atoms with E-state index in [9.17, 15) is 9.90 Å². The molecule has 0 bridgehead atoms. The standard InChI is InChI=1S/C17H25NO3/c1-3-17(16(19)20)8-5-9-18(13-17)11-14-6-4-7-15(10-14)12-21-2/h4,6-7,10H,3,5,8-9,11-13H2,1-2H3,(H,19,20). The van der Waals surface area contributed by atoms with E-state index in [-0.39, 0.29) is 0 Å². The number of rotatable bonds is 6. The molecular weight excluding hydrogens is 266 g/mol.